The van der Waals surface area contributed by atoms with Crippen LogP contribution in [0.1, 0.15) is 19.8 Å². The number of carbonyl (C=O) groups is 3. The van der Waals surface area contributed by atoms with Crippen LogP contribution in [0.25, 0.3) is 10.2 Å². The van der Waals surface area contributed by atoms with Crippen molar-refractivity contribution in [2.75, 3.05) is 31.2 Å². The lowest BCUT2D eigenvalue weighted by Gasteiger charge is -2.29. The van der Waals surface area contributed by atoms with E-state index >= 15 is 0 Å². The Kier molecular flexibility index (Phi) is 7.87. The van der Waals surface area contributed by atoms with Gasteiger partial charge in [0.05, 0.1) is 21.7 Å². The fourth-order valence-corrected chi connectivity index (χ4v) is 4.41. The van der Waals surface area contributed by atoms with Crippen LogP contribution in [0.3, 0.4) is 0 Å². The molecule has 0 bridgehead atoms. The smallest absolute Gasteiger partial charge is 0.414 e. The average Bonchev–Trinajstić information content (AvgIpc) is 3.04. The van der Waals surface area contributed by atoms with Crippen molar-refractivity contribution >= 4 is 54.4 Å². The van der Waals surface area contributed by atoms with Crippen molar-refractivity contribution in [3.8, 4) is 0 Å². The van der Waals surface area contributed by atoms with Crippen LogP contribution in [-0.4, -0.2) is 72.3 Å². The van der Waals surface area contributed by atoms with Gasteiger partial charge in [0, 0.05) is 6.26 Å². The van der Waals surface area contributed by atoms with Crippen LogP contribution in [0.2, 0.25) is 0 Å². The molecule has 164 valence electrons. The first-order valence-electron chi connectivity index (χ1n) is 9.04. The number of benzene rings is 1. The van der Waals surface area contributed by atoms with E-state index < -0.39 is 21.8 Å². The van der Waals surface area contributed by atoms with Gasteiger partial charge in [0.1, 0.15) is 0 Å². The maximum Gasteiger partial charge on any atom is 0.414 e. The fraction of sp³-hybridized carbons (Fsp3) is 0.444. The predicted molar refractivity (Wildman–Crippen MR) is 111 cm³/mol. The van der Waals surface area contributed by atoms with Gasteiger partial charge in [-0.15, -0.1) is 0 Å². The molecule has 2 aromatic rings. The standard InChI is InChI=1S/C16H21N3O3S2.C2H2O4/c1-11-5-7-19(8-6-11)10-15(20)18-16-17-13-4-3-12(24(2,21)22)9-14(13)23-16;3-1(4)2(5)6/h3-4,9,11H,5-8,10H2,1-2H3,(H,17,18,20);(H,3,4)(H,5,6). The summed E-state index contributed by atoms with van der Waals surface area (Å²) in [6.07, 6.45) is 3.43. The van der Waals surface area contributed by atoms with Crippen LogP contribution in [0, 0.1) is 5.92 Å². The summed E-state index contributed by atoms with van der Waals surface area (Å²) in [5, 5.41) is 18.1. The summed E-state index contributed by atoms with van der Waals surface area (Å²) in [6, 6.07) is 4.81. The number of nitrogens with one attached hydrogen (secondary N) is 1. The monoisotopic (exact) mass is 457 g/mol. The van der Waals surface area contributed by atoms with Gasteiger partial charge >= 0.3 is 11.9 Å². The number of carbonyl (C=O) groups excluding carboxylic acids is 1. The number of sulfone groups is 1. The van der Waals surface area contributed by atoms with Gasteiger partial charge in [-0.2, -0.15) is 0 Å². The number of carboxylic acid groups (broad SMARTS) is 2. The summed E-state index contributed by atoms with van der Waals surface area (Å²) < 4.78 is 24.0. The van der Waals surface area contributed by atoms with Crippen molar-refractivity contribution in [1.82, 2.24) is 9.88 Å². The van der Waals surface area contributed by atoms with Crippen molar-refractivity contribution in [3.05, 3.63) is 18.2 Å². The SMILES string of the molecule is CC1CCN(CC(=O)Nc2nc3ccc(S(C)(=O)=O)cc3s2)CC1.O=C(O)C(=O)O. The zero-order chi connectivity index (χ0) is 22.5. The Morgan fingerprint density at radius 1 is 1.20 bits per heavy atom. The number of likely N-dealkylation sites (tertiary alicyclic amines) is 1. The summed E-state index contributed by atoms with van der Waals surface area (Å²) in [7, 11) is -3.25. The number of fused-ring (bicyclic) bond motifs is 1. The number of amides is 1. The van der Waals surface area contributed by atoms with Gasteiger partial charge in [0.15, 0.2) is 15.0 Å². The van der Waals surface area contributed by atoms with Gasteiger partial charge in [-0.1, -0.05) is 18.3 Å². The molecule has 1 aliphatic rings. The molecule has 0 spiro atoms. The largest absolute Gasteiger partial charge is 0.473 e. The second kappa shape index (κ2) is 9.96. The van der Waals surface area contributed by atoms with E-state index in [0.717, 1.165) is 36.5 Å². The molecule has 0 unspecified atom stereocenters. The molecule has 12 heteroatoms. The highest BCUT2D eigenvalue weighted by molar-refractivity contribution is 7.90. The molecular weight excluding hydrogens is 434 g/mol. The molecule has 1 fully saturated rings. The highest BCUT2D eigenvalue weighted by Gasteiger charge is 2.19. The molecule has 1 aromatic carbocycles. The first kappa shape index (κ1) is 23.7. The first-order valence-corrected chi connectivity index (χ1v) is 11.8. The molecule has 1 saturated heterocycles. The number of aliphatic carboxylic acids is 2. The lowest BCUT2D eigenvalue weighted by atomic mass is 9.99. The number of thiazole rings is 1. The molecule has 0 saturated carbocycles. The number of hydrogen-bond acceptors (Lipinski definition) is 8. The summed E-state index contributed by atoms with van der Waals surface area (Å²) in [5.74, 6) is -2.99. The topological polar surface area (TPSA) is 154 Å². The normalized spacial score (nSPS) is 15.3. The minimum atomic E-state index is -3.25. The molecule has 2 heterocycles. The highest BCUT2D eigenvalue weighted by Crippen LogP contribution is 2.28. The van der Waals surface area contributed by atoms with Crippen LogP contribution in [0.5, 0.6) is 0 Å². The second-order valence-electron chi connectivity index (χ2n) is 7.04. The van der Waals surface area contributed by atoms with Crippen LogP contribution < -0.4 is 5.32 Å². The quantitative estimate of drug-likeness (QED) is 0.580. The molecule has 0 atom stereocenters. The Labute approximate surface area is 177 Å². The lowest BCUT2D eigenvalue weighted by molar-refractivity contribution is -0.159. The van der Waals surface area contributed by atoms with Crippen molar-refractivity contribution in [2.24, 2.45) is 5.92 Å². The van der Waals surface area contributed by atoms with Crippen LogP contribution >= 0.6 is 11.3 Å². The minimum Gasteiger partial charge on any atom is -0.473 e. The van der Waals surface area contributed by atoms with Gasteiger partial charge < -0.3 is 15.5 Å². The van der Waals surface area contributed by atoms with E-state index in [4.69, 9.17) is 19.8 Å². The Morgan fingerprint density at radius 3 is 2.33 bits per heavy atom. The van der Waals surface area contributed by atoms with Crippen molar-refractivity contribution in [2.45, 2.75) is 24.7 Å². The van der Waals surface area contributed by atoms with E-state index in [-0.39, 0.29) is 10.8 Å². The Balaban J connectivity index is 0.000000469. The number of nitrogens with zero attached hydrogens (tertiary/aromatic N) is 2. The van der Waals surface area contributed by atoms with E-state index in [1.165, 1.54) is 23.7 Å². The fourth-order valence-electron chi connectivity index (χ4n) is 2.77. The number of hydrogen-bond donors (Lipinski definition) is 3. The molecule has 0 radical (unpaired) electrons. The third kappa shape index (κ3) is 7.04. The Bertz CT molecular complexity index is 1030. The summed E-state index contributed by atoms with van der Waals surface area (Å²) >= 11 is 1.29. The van der Waals surface area contributed by atoms with Crippen LogP contribution in [-0.2, 0) is 24.2 Å². The van der Waals surface area contributed by atoms with Crippen LogP contribution in [0.4, 0.5) is 5.13 Å². The van der Waals surface area contributed by atoms with Gasteiger partial charge in [0.25, 0.3) is 0 Å². The van der Waals surface area contributed by atoms with Gasteiger partial charge in [-0.05, 0) is 50.0 Å². The van der Waals surface area contributed by atoms with E-state index in [9.17, 15) is 13.2 Å². The third-order valence-electron chi connectivity index (χ3n) is 4.46. The average molecular weight is 458 g/mol. The first-order chi connectivity index (χ1) is 14.0. The number of anilines is 1. The Morgan fingerprint density at radius 2 is 1.80 bits per heavy atom. The zero-order valence-corrected chi connectivity index (χ0v) is 18.1. The predicted octanol–water partition coefficient (Wildman–Crippen LogP) is 1.53. The minimum absolute atomic E-state index is 0.0769. The molecule has 3 N–H and O–H groups in total. The summed E-state index contributed by atoms with van der Waals surface area (Å²) in [4.78, 5) is 37.2. The van der Waals surface area contributed by atoms with E-state index in [2.05, 4.69) is 22.1 Å². The summed E-state index contributed by atoms with van der Waals surface area (Å²) in [6.45, 7) is 4.51. The summed E-state index contributed by atoms with van der Waals surface area (Å²) in [5.41, 5.74) is 0.689. The highest BCUT2D eigenvalue weighted by atomic mass is 32.2. The molecule has 1 aliphatic heterocycles. The van der Waals surface area contributed by atoms with Crippen LogP contribution in [0.15, 0.2) is 23.1 Å². The number of aromatic nitrogens is 1. The zero-order valence-electron chi connectivity index (χ0n) is 16.5. The molecule has 10 nitrogen and oxygen atoms in total. The van der Waals surface area contributed by atoms with Crippen molar-refractivity contribution in [1.29, 1.82) is 0 Å². The number of piperidine rings is 1. The third-order valence-corrected chi connectivity index (χ3v) is 6.50. The molecule has 1 aromatic heterocycles. The molecule has 30 heavy (non-hydrogen) atoms. The Hall–Kier alpha value is -2.57. The van der Waals surface area contributed by atoms with Crippen molar-refractivity contribution in [3.63, 3.8) is 0 Å². The molecule has 0 aliphatic carbocycles. The van der Waals surface area contributed by atoms with E-state index in [1.54, 1.807) is 12.1 Å². The van der Waals surface area contributed by atoms with E-state index in [0.29, 0.717) is 17.2 Å². The number of rotatable bonds is 4. The molecule has 1 amide bonds. The van der Waals surface area contributed by atoms with Gasteiger partial charge in [0.2, 0.25) is 5.91 Å². The van der Waals surface area contributed by atoms with Gasteiger partial charge in [-0.25, -0.2) is 23.0 Å². The molecule has 3 rings (SSSR count). The number of carboxylic acids is 2. The lowest BCUT2D eigenvalue weighted by Crippen LogP contribution is -2.38. The van der Waals surface area contributed by atoms with E-state index in [1.807, 2.05) is 0 Å². The second-order valence-corrected chi connectivity index (χ2v) is 10.1. The maximum absolute atomic E-state index is 12.2. The van der Waals surface area contributed by atoms with Crippen molar-refractivity contribution < 1.29 is 33.0 Å². The molecular formula is C18H23N3O7S2. The maximum atomic E-state index is 12.2. The van der Waals surface area contributed by atoms with Gasteiger partial charge in [-0.3, -0.25) is 9.69 Å².